The first-order valence-electron chi connectivity index (χ1n) is 22.3. The first-order chi connectivity index (χ1) is 31.4. The molecule has 19 heteroatoms. The maximum Gasteiger partial charge on any atom is 0.219 e. The van der Waals surface area contributed by atoms with Crippen LogP contribution in [0.2, 0.25) is 0 Å². The lowest BCUT2D eigenvalue weighted by Gasteiger charge is -2.26. The molecule has 0 bridgehead atoms. The van der Waals surface area contributed by atoms with Crippen LogP contribution in [0.4, 0.5) is 11.4 Å². The molecule has 0 saturated carbocycles. The third kappa shape index (κ3) is 10.8. The van der Waals surface area contributed by atoms with Crippen molar-refractivity contribution in [1.29, 1.82) is 0 Å². The summed E-state index contributed by atoms with van der Waals surface area (Å²) in [7, 11) is -15.1. The maximum atomic E-state index is 12.6. The number of unbranched alkanes of at least 4 members (excludes halogenated alkanes) is 5. The Morgan fingerprint density at radius 2 is 1.40 bits per heavy atom. The highest BCUT2D eigenvalue weighted by atomic mass is 32.2. The van der Waals surface area contributed by atoms with Crippen LogP contribution in [0, 0.1) is 6.92 Å². The number of carbonyl (C=O) groups is 1. The van der Waals surface area contributed by atoms with Crippen LogP contribution >= 0.6 is 0 Å². The number of allylic oxidation sites excluding steroid dienone is 6. The van der Waals surface area contributed by atoms with Crippen LogP contribution in [0.1, 0.15) is 103 Å². The molecule has 4 aromatic rings. The fraction of sp³-hybridized carbons (Fsp3) is 0.417. The van der Waals surface area contributed by atoms with Crippen LogP contribution in [0.15, 0.2) is 104 Å². The van der Waals surface area contributed by atoms with E-state index in [1.165, 1.54) is 18.2 Å². The first-order valence-corrected chi connectivity index (χ1v) is 26.5. The minimum Gasteiger partial charge on any atom is -0.744 e. The van der Waals surface area contributed by atoms with Gasteiger partial charge in [-0.25, -0.2) is 25.3 Å². The molecule has 0 aliphatic carbocycles. The fourth-order valence-corrected chi connectivity index (χ4v) is 11.6. The number of hydrogen-bond acceptors (Lipinski definition) is 12. The number of hydrogen-bond donors (Lipinski definition) is 1. The van der Waals surface area contributed by atoms with Crippen molar-refractivity contribution in [3.63, 3.8) is 0 Å². The van der Waals surface area contributed by atoms with Crippen LogP contribution in [-0.4, -0.2) is 81.3 Å². The van der Waals surface area contributed by atoms with Crippen molar-refractivity contribution >= 4 is 74.9 Å². The van der Waals surface area contributed by atoms with E-state index >= 15 is 0 Å². The topological polar surface area (TPSA) is 256 Å². The molecule has 1 amide bonds. The largest absolute Gasteiger partial charge is 0.744 e. The predicted molar refractivity (Wildman–Crippen MR) is 256 cm³/mol. The summed E-state index contributed by atoms with van der Waals surface area (Å²) in [6.45, 7) is 13.8. The Hall–Kier alpha value is -5.40. The van der Waals surface area contributed by atoms with Crippen molar-refractivity contribution in [2.45, 2.75) is 118 Å². The average Bonchev–Trinajstić information content (AvgIpc) is 3.60. The Kier molecular flexibility index (Phi) is 15.3. The van der Waals surface area contributed by atoms with Crippen molar-refractivity contribution in [2.75, 3.05) is 31.1 Å². The molecule has 16 nitrogen and oxygen atoms in total. The molecule has 4 aromatic carbocycles. The van der Waals surface area contributed by atoms with Gasteiger partial charge < -0.3 is 23.9 Å². The van der Waals surface area contributed by atoms with E-state index < -0.39 is 51.0 Å². The zero-order valence-electron chi connectivity index (χ0n) is 38.5. The van der Waals surface area contributed by atoms with Crippen molar-refractivity contribution in [3.05, 3.63) is 112 Å². The number of nitrogens with one attached hydrogen (secondary N) is 1. The van der Waals surface area contributed by atoms with Crippen LogP contribution in [-0.2, 0) is 46.0 Å². The van der Waals surface area contributed by atoms with Crippen LogP contribution in [0.5, 0.6) is 0 Å². The van der Waals surface area contributed by atoms with Gasteiger partial charge in [0.15, 0.2) is 5.71 Å². The Labute approximate surface area is 393 Å². The molecule has 2 heterocycles. The van der Waals surface area contributed by atoms with Crippen LogP contribution in [0.25, 0.3) is 32.0 Å². The highest BCUT2D eigenvalue weighted by Crippen LogP contribution is 2.51. The summed E-state index contributed by atoms with van der Waals surface area (Å²) < 4.78 is 113. The van der Waals surface area contributed by atoms with E-state index in [-0.39, 0.29) is 21.6 Å². The van der Waals surface area contributed by atoms with Crippen molar-refractivity contribution in [1.82, 2.24) is 5.32 Å². The summed E-state index contributed by atoms with van der Waals surface area (Å²) in [5.74, 6) is -0.0439. The predicted octanol–water partition coefficient (Wildman–Crippen LogP) is 8.75. The summed E-state index contributed by atoms with van der Waals surface area (Å²) in [6, 6.07) is 11.7. The van der Waals surface area contributed by atoms with E-state index in [9.17, 15) is 43.7 Å². The fourth-order valence-electron chi connectivity index (χ4n) is 9.68. The monoisotopic (exact) mass is 972 g/mol. The molecule has 0 saturated heterocycles. The Bertz CT molecular complexity index is 3150. The highest BCUT2D eigenvalue weighted by Gasteiger charge is 2.46. The van der Waals surface area contributed by atoms with Gasteiger partial charge in [-0.05, 0) is 129 Å². The third-order valence-electron chi connectivity index (χ3n) is 12.8. The minimum absolute atomic E-state index is 0.000403. The van der Waals surface area contributed by atoms with Crippen LogP contribution < -0.4 is 10.2 Å². The molecular weight excluding hydrogens is 917 g/mol. The summed E-state index contributed by atoms with van der Waals surface area (Å²) in [4.78, 5) is 15.6. The molecule has 0 spiro atoms. The highest BCUT2D eigenvalue weighted by molar-refractivity contribution is 7.86. The van der Waals surface area contributed by atoms with Crippen LogP contribution in [0.3, 0.4) is 0 Å². The maximum absolute atomic E-state index is 12.6. The molecule has 358 valence electrons. The Balaban J connectivity index is 1.30. The number of nitrogens with zero attached hydrogens (tertiary/aromatic N) is 5. The number of carbonyl (C=O) groups excluding carboxylic acids is 1. The van der Waals surface area contributed by atoms with Gasteiger partial charge in [0, 0.05) is 77.3 Å². The van der Waals surface area contributed by atoms with Gasteiger partial charge >= 0.3 is 0 Å². The van der Waals surface area contributed by atoms with E-state index in [1.807, 2.05) is 63.3 Å². The molecule has 0 radical (unpaired) electrons. The number of benzene rings is 4. The number of aryl methyl sites for hydroxylation is 1. The lowest BCUT2D eigenvalue weighted by Crippen LogP contribution is -2.28. The second-order valence-electron chi connectivity index (χ2n) is 18.0. The number of azide groups is 1. The molecule has 0 aromatic heterocycles. The summed E-state index contributed by atoms with van der Waals surface area (Å²) >= 11 is 0. The van der Waals surface area contributed by atoms with Gasteiger partial charge in [0.1, 0.15) is 36.9 Å². The van der Waals surface area contributed by atoms with E-state index in [4.69, 9.17) is 5.53 Å². The summed E-state index contributed by atoms with van der Waals surface area (Å²) in [5, 5.41) is 8.19. The second-order valence-corrected chi connectivity index (χ2v) is 22.1. The summed E-state index contributed by atoms with van der Waals surface area (Å²) in [6.07, 6.45) is 15.3. The van der Waals surface area contributed by atoms with E-state index in [1.54, 1.807) is 13.0 Å². The Morgan fingerprint density at radius 3 is 2.06 bits per heavy atom. The molecule has 67 heavy (non-hydrogen) atoms. The van der Waals surface area contributed by atoms with Gasteiger partial charge in [-0.15, -0.1) is 0 Å². The molecule has 0 unspecified atom stereocenters. The zero-order valence-corrected chi connectivity index (χ0v) is 41.0. The van der Waals surface area contributed by atoms with Crippen molar-refractivity contribution < 1.29 is 48.3 Å². The molecule has 6 rings (SSSR count). The molecule has 1 N–H and O–H groups in total. The van der Waals surface area contributed by atoms with E-state index in [0.717, 1.165) is 59.8 Å². The van der Waals surface area contributed by atoms with E-state index in [0.29, 0.717) is 80.1 Å². The normalized spacial score (nSPS) is 16.4. The number of anilines is 1. The third-order valence-corrected chi connectivity index (χ3v) is 15.3. The number of rotatable bonds is 20. The van der Waals surface area contributed by atoms with E-state index in [2.05, 4.69) is 38.7 Å². The first kappa shape index (κ1) is 51.0. The van der Waals surface area contributed by atoms with Gasteiger partial charge in [0.05, 0.1) is 20.1 Å². The Morgan fingerprint density at radius 1 is 0.761 bits per heavy atom. The molecule has 0 atom stereocenters. The van der Waals surface area contributed by atoms with Crippen molar-refractivity contribution in [2.24, 2.45) is 5.11 Å². The quantitative estimate of drug-likeness (QED) is 0.0167. The standard InChI is InChI=1S/C48H58N6O10S3/c1-7-53-39-23-21-35-32(2)28-33(65(56,57)58)29-37(35)45(39)47(3,4)42(53)18-12-10-13-19-43-48(5,6)46-38-30-34(66(59,60)61)31-41(67(62,63)64)36(38)22-24-40(46)54(43)27-17-11-14-20-44(55)50-25-15-8-9-16-26-51-52-49/h10,12-13,18-19,21-24,28-31H,7-9,11,14-17,20,25-27H2,1-6H3,(H3-,50,55,56,57,58,59,60,61,62,63,64)/p-2. The minimum atomic E-state index is -5.20. The average molecular weight is 973 g/mol. The molecular formula is C48H56N6O10S3-2. The zero-order chi connectivity index (χ0) is 49.1. The number of fused-ring (bicyclic) bond motifs is 6. The van der Waals surface area contributed by atoms with Crippen molar-refractivity contribution in [3.8, 4) is 0 Å². The lowest BCUT2D eigenvalue weighted by atomic mass is 9.79. The molecule has 0 fully saturated rings. The van der Waals surface area contributed by atoms with Gasteiger partial charge in [-0.2, -0.15) is 4.58 Å². The smallest absolute Gasteiger partial charge is 0.219 e. The number of likely N-dealkylation sites (N-methyl/N-ethyl adjacent to an activating group) is 1. The van der Waals surface area contributed by atoms with Gasteiger partial charge in [-0.1, -0.05) is 56.1 Å². The van der Waals surface area contributed by atoms with Gasteiger partial charge in [-0.3, -0.25) is 4.79 Å². The SMILES string of the molecule is CCN1C(=CC=CC=CC2=[N+](CCCCCC(=O)NCCCCCCN=[N+]=[N-])c3ccc4c(S(=O)(=O)[O-])cc(S(=O)(=O)[O-])cc4c3C2(C)C)C(C)(C)c2c1ccc1c(C)cc(S(=O)(=O)[O-])cc21. The second kappa shape index (κ2) is 20.1. The van der Waals surface area contributed by atoms with Gasteiger partial charge in [0.25, 0.3) is 0 Å². The lowest BCUT2D eigenvalue weighted by molar-refractivity contribution is -0.438. The molecule has 2 aliphatic rings. The molecule has 2 aliphatic heterocycles. The number of amides is 1. The summed E-state index contributed by atoms with van der Waals surface area (Å²) in [5.41, 5.74) is 12.3. The van der Waals surface area contributed by atoms with Gasteiger partial charge in [0.2, 0.25) is 11.6 Å².